The minimum absolute atomic E-state index is 0.0355. The zero-order valence-electron chi connectivity index (χ0n) is 20.0. The van der Waals surface area contributed by atoms with Gasteiger partial charge in [0.2, 0.25) is 5.91 Å². The molecule has 0 saturated heterocycles. The summed E-state index contributed by atoms with van der Waals surface area (Å²) in [6.07, 6.45) is 1.01. The fraction of sp³-hybridized carbons (Fsp3) is 0.385. The molecular weight excluding hydrogens is 485 g/mol. The van der Waals surface area contributed by atoms with Crippen LogP contribution in [-0.4, -0.2) is 32.3 Å². The number of carbonyl (C=O) groups excluding carboxylic acids is 2. The zero-order valence-corrected chi connectivity index (χ0v) is 20.9. The number of ether oxygens (including phenoxy) is 1. The third-order valence-corrected chi connectivity index (χ3v) is 7.43. The first-order valence-corrected chi connectivity index (χ1v) is 12.5. The number of hydrogen-bond acceptors (Lipinski definition) is 7. The van der Waals surface area contributed by atoms with Crippen LogP contribution in [0.25, 0.3) is 22.3 Å². The van der Waals surface area contributed by atoms with E-state index in [0.29, 0.717) is 46.4 Å². The molecule has 2 aliphatic heterocycles. The number of nitrogens with zero attached hydrogens (tertiary/aromatic N) is 2. The van der Waals surface area contributed by atoms with Gasteiger partial charge in [0.05, 0.1) is 29.0 Å². The Bertz CT molecular complexity index is 1500. The molecule has 36 heavy (non-hydrogen) atoms. The molecular formula is C26H26FN3O5S. The molecule has 0 radical (unpaired) electrons. The van der Waals surface area contributed by atoms with Gasteiger partial charge in [0.25, 0.3) is 5.56 Å². The Hall–Kier alpha value is -3.24. The largest absolute Gasteiger partial charge is 0.458 e. The Morgan fingerprint density at radius 3 is 2.81 bits per heavy atom. The predicted molar refractivity (Wildman–Crippen MR) is 134 cm³/mol. The van der Waals surface area contributed by atoms with Crippen LogP contribution >= 0.6 is 12.6 Å². The molecule has 0 saturated carbocycles. The summed E-state index contributed by atoms with van der Waals surface area (Å²) < 4.78 is 21.2. The van der Waals surface area contributed by atoms with Gasteiger partial charge in [-0.3, -0.25) is 9.59 Å². The molecule has 1 amide bonds. The molecule has 0 aliphatic carbocycles. The van der Waals surface area contributed by atoms with E-state index in [9.17, 15) is 23.9 Å². The molecule has 2 aliphatic rings. The van der Waals surface area contributed by atoms with Crippen molar-refractivity contribution in [1.82, 2.24) is 14.9 Å². The molecule has 2 N–H and O–H groups in total. The SMILES string of the molecule is CC[C@@]1(O)C(=O)OCc2c1cc1n(c2=O)Cc2c-1nc1cc(F)c(C)cc1c2CNC(=O)CCCS. The maximum atomic E-state index is 14.5. The summed E-state index contributed by atoms with van der Waals surface area (Å²) in [5.41, 5.74) is 1.32. The number of carbonyl (C=O) groups is 2. The Morgan fingerprint density at radius 1 is 1.31 bits per heavy atom. The fourth-order valence-electron chi connectivity index (χ4n) is 5.01. The van der Waals surface area contributed by atoms with Crippen molar-refractivity contribution in [2.45, 2.75) is 58.4 Å². The summed E-state index contributed by atoms with van der Waals surface area (Å²) in [7, 11) is 0. The summed E-state index contributed by atoms with van der Waals surface area (Å²) in [6.45, 7) is 3.45. The van der Waals surface area contributed by atoms with Crippen molar-refractivity contribution in [3.05, 3.63) is 62.2 Å². The highest BCUT2D eigenvalue weighted by Crippen LogP contribution is 2.40. The van der Waals surface area contributed by atoms with Gasteiger partial charge >= 0.3 is 5.97 Å². The highest BCUT2D eigenvalue weighted by Gasteiger charge is 2.45. The van der Waals surface area contributed by atoms with E-state index in [-0.39, 0.29) is 48.7 Å². The van der Waals surface area contributed by atoms with Gasteiger partial charge in [0.15, 0.2) is 5.60 Å². The summed E-state index contributed by atoms with van der Waals surface area (Å²) >= 11 is 4.15. The summed E-state index contributed by atoms with van der Waals surface area (Å²) in [4.78, 5) is 42.9. The molecule has 0 unspecified atom stereocenters. The third-order valence-electron chi connectivity index (χ3n) is 7.11. The van der Waals surface area contributed by atoms with E-state index in [0.717, 1.165) is 11.1 Å². The normalized spacial score (nSPS) is 18.0. The number of hydrogen-bond donors (Lipinski definition) is 3. The Balaban J connectivity index is 1.71. The minimum atomic E-state index is -1.94. The van der Waals surface area contributed by atoms with Crippen LogP contribution in [0.4, 0.5) is 4.39 Å². The number of benzene rings is 1. The first kappa shape index (κ1) is 24.5. The Kier molecular flexibility index (Phi) is 6.12. The minimum Gasteiger partial charge on any atom is -0.458 e. The Morgan fingerprint density at radius 2 is 2.08 bits per heavy atom. The molecule has 0 spiro atoms. The number of aromatic nitrogens is 2. The van der Waals surface area contributed by atoms with Crippen molar-refractivity contribution < 1.29 is 23.8 Å². The van der Waals surface area contributed by atoms with Crippen LogP contribution in [-0.2, 0) is 39.6 Å². The highest BCUT2D eigenvalue weighted by atomic mass is 32.1. The van der Waals surface area contributed by atoms with Gasteiger partial charge < -0.3 is 19.7 Å². The van der Waals surface area contributed by atoms with Gasteiger partial charge in [0, 0.05) is 35.5 Å². The number of nitrogens with one attached hydrogen (secondary N) is 1. The molecule has 0 fully saturated rings. The van der Waals surface area contributed by atoms with E-state index in [1.54, 1.807) is 26.0 Å². The Labute approximate surface area is 211 Å². The molecule has 188 valence electrons. The molecule has 10 heteroatoms. The number of halogens is 1. The van der Waals surface area contributed by atoms with Gasteiger partial charge in [-0.05, 0) is 48.8 Å². The molecule has 2 aromatic heterocycles. The standard InChI is InChI=1S/C26H26FN3O5S/c1-3-26(34)18-8-21-23-16(11-30(21)24(32)17(18)12-35-25(26)33)15(10-28-22(31)5-4-6-36)14-7-13(2)19(27)9-20(14)29-23/h7-9,34,36H,3-6,10-12H2,1-2H3,(H,28,31)/t26-/m0/s1. The number of esters is 1. The average Bonchev–Trinajstić information content (AvgIpc) is 3.22. The number of fused-ring (bicyclic) bond motifs is 5. The van der Waals surface area contributed by atoms with E-state index < -0.39 is 17.4 Å². The molecule has 3 aromatic rings. The van der Waals surface area contributed by atoms with Crippen molar-refractivity contribution in [2.75, 3.05) is 5.75 Å². The summed E-state index contributed by atoms with van der Waals surface area (Å²) in [6, 6.07) is 4.66. The zero-order chi connectivity index (χ0) is 25.8. The third kappa shape index (κ3) is 3.70. The number of cyclic esters (lactones) is 1. The lowest BCUT2D eigenvalue weighted by Crippen LogP contribution is -2.44. The maximum Gasteiger partial charge on any atom is 0.343 e. The van der Waals surface area contributed by atoms with Gasteiger partial charge in [-0.2, -0.15) is 12.6 Å². The summed E-state index contributed by atoms with van der Waals surface area (Å²) in [5.74, 6) is -0.747. The van der Waals surface area contributed by atoms with Crippen LogP contribution in [0.1, 0.15) is 54.0 Å². The molecule has 8 nitrogen and oxygen atoms in total. The topological polar surface area (TPSA) is 111 Å². The molecule has 1 aromatic carbocycles. The number of aryl methyl sites for hydroxylation is 1. The molecule has 1 atom stereocenters. The second kappa shape index (κ2) is 9.01. The van der Waals surface area contributed by atoms with Crippen molar-refractivity contribution in [3.63, 3.8) is 0 Å². The number of thiol groups is 1. The van der Waals surface area contributed by atoms with Crippen LogP contribution in [0.15, 0.2) is 23.0 Å². The molecule has 4 heterocycles. The predicted octanol–water partition coefficient (Wildman–Crippen LogP) is 2.85. The van der Waals surface area contributed by atoms with E-state index in [1.165, 1.54) is 10.6 Å². The number of amides is 1. The number of rotatable bonds is 6. The van der Waals surface area contributed by atoms with Crippen LogP contribution in [0.3, 0.4) is 0 Å². The van der Waals surface area contributed by atoms with Crippen LogP contribution in [0.5, 0.6) is 0 Å². The highest BCUT2D eigenvalue weighted by molar-refractivity contribution is 7.80. The first-order chi connectivity index (χ1) is 17.2. The van der Waals surface area contributed by atoms with Crippen molar-refractivity contribution >= 4 is 35.4 Å². The second-order valence-electron chi connectivity index (χ2n) is 9.24. The van der Waals surface area contributed by atoms with Gasteiger partial charge in [-0.1, -0.05) is 6.92 Å². The first-order valence-electron chi connectivity index (χ1n) is 11.9. The lowest BCUT2D eigenvalue weighted by Gasteiger charge is -2.31. The molecule has 5 rings (SSSR count). The van der Waals surface area contributed by atoms with Gasteiger partial charge in [0.1, 0.15) is 12.4 Å². The van der Waals surface area contributed by atoms with Crippen molar-refractivity contribution in [1.29, 1.82) is 0 Å². The fourth-order valence-corrected chi connectivity index (χ4v) is 5.17. The van der Waals surface area contributed by atoms with Crippen LogP contribution in [0.2, 0.25) is 0 Å². The molecule has 0 bridgehead atoms. The number of pyridine rings is 2. The monoisotopic (exact) mass is 511 g/mol. The van der Waals surface area contributed by atoms with Gasteiger partial charge in [-0.15, -0.1) is 0 Å². The smallest absolute Gasteiger partial charge is 0.343 e. The average molecular weight is 512 g/mol. The summed E-state index contributed by atoms with van der Waals surface area (Å²) in [5, 5.41) is 14.7. The van der Waals surface area contributed by atoms with Gasteiger partial charge in [-0.25, -0.2) is 14.2 Å². The second-order valence-corrected chi connectivity index (χ2v) is 9.69. The van der Waals surface area contributed by atoms with E-state index in [1.807, 2.05) is 0 Å². The quantitative estimate of drug-likeness (QED) is 0.271. The lowest BCUT2D eigenvalue weighted by atomic mass is 9.86. The van der Waals surface area contributed by atoms with Crippen molar-refractivity contribution in [2.24, 2.45) is 0 Å². The lowest BCUT2D eigenvalue weighted by molar-refractivity contribution is -0.172. The van der Waals surface area contributed by atoms with E-state index >= 15 is 0 Å². The van der Waals surface area contributed by atoms with Crippen molar-refractivity contribution in [3.8, 4) is 11.4 Å². The van der Waals surface area contributed by atoms with Crippen LogP contribution < -0.4 is 10.9 Å². The number of aliphatic hydroxyl groups is 1. The van der Waals surface area contributed by atoms with E-state index in [4.69, 9.17) is 9.72 Å². The van der Waals surface area contributed by atoms with E-state index in [2.05, 4.69) is 17.9 Å². The maximum absolute atomic E-state index is 14.5. The van der Waals surface area contributed by atoms with Crippen LogP contribution in [0, 0.1) is 12.7 Å².